The van der Waals surface area contributed by atoms with E-state index in [4.69, 9.17) is 5.73 Å². The van der Waals surface area contributed by atoms with E-state index in [1.165, 1.54) is 29.1 Å². The number of hydrogen-bond acceptors (Lipinski definition) is 2. The molecule has 0 aromatic heterocycles. The zero-order valence-electron chi connectivity index (χ0n) is 10.0. The molecule has 90 valence electrons. The predicted octanol–water partition coefficient (Wildman–Crippen LogP) is 4.23. The lowest BCUT2D eigenvalue weighted by Gasteiger charge is -2.11. The van der Waals surface area contributed by atoms with Crippen molar-refractivity contribution in [1.29, 1.82) is 0 Å². The van der Waals surface area contributed by atoms with E-state index in [9.17, 15) is 0 Å². The van der Waals surface area contributed by atoms with Gasteiger partial charge in [0.15, 0.2) is 0 Å². The summed E-state index contributed by atoms with van der Waals surface area (Å²) in [7, 11) is 0. The minimum atomic E-state index is 0.228. The molecule has 1 nitrogen and oxygen atoms in total. The van der Waals surface area contributed by atoms with Crippen molar-refractivity contribution < 1.29 is 0 Å². The van der Waals surface area contributed by atoms with Crippen LogP contribution >= 0.6 is 27.7 Å². The molecule has 0 aliphatic heterocycles. The van der Waals surface area contributed by atoms with Gasteiger partial charge in [0.05, 0.1) is 0 Å². The first-order chi connectivity index (χ1) is 7.63. The average molecular weight is 302 g/mol. The fourth-order valence-corrected chi connectivity index (χ4v) is 3.22. The van der Waals surface area contributed by atoms with Crippen LogP contribution in [0, 0.1) is 0 Å². The second-order valence-corrected chi connectivity index (χ2v) is 6.19. The Labute approximate surface area is 111 Å². The number of hydrogen-bond donors (Lipinski definition) is 1. The van der Waals surface area contributed by atoms with Gasteiger partial charge in [-0.05, 0) is 43.2 Å². The lowest BCUT2D eigenvalue weighted by atomic mass is 10.1. The molecular weight excluding hydrogens is 282 g/mol. The molecule has 1 unspecified atom stereocenters. The summed E-state index contributed by atoms with van der Waals surface area (Å²) in [5, 5.41) is 0. The maximum absolute atomic E-state index is 5.87. The van der Waals surface area contributed by atoms with Crippen LogP contribution in [0.2, 0.25) is 0 Å². The summed E-state index contributed by atoms with van der Waals surface area (Å²) >= 11 is 5.47. The van der Waals surface area contributed by atoms with Gasteiger partial charge in [0.1, 0.15) is 0 Å². The second-order valence-electron chi connectivity index (χ2n) is 4.14. The first-order valence-electron chi connectivity index (χ1n) is 5.80. The van der Waals surface area contributed by atoms with E-state index >= 15 is 0 Å². The lowest BCUT2D eigenvalue weighted by Crippen LogP contribution is -2.18. The maximum atomic E-state index is 5.87. The van der Waals surface area contributed by atoms with Crippen LogP contribution in [0.1, 0.15) is 32.3 Å². The van der Waals surface area contributed by atoms with Crippen LogP contribution in [0.15, 0.2) is 27.6 Å². The van der Waals surface area contributed by atoms with Gasteiger partial charge in [-0.25, -0.2) is 0 Å². The molecule has 0 aliphatic rings. The number of thioether (sulfide) groups is 1. The molecule has 0 radical (unpaired) electrons. The van der Waals surface area contributed by atoms with Gasteiger partial charge in [-0.15, -0.1) is 11.8 Å². The number of rotatable bonds is 6. The van der Waals surface area contributed by atoms with Crippen LogP contribution in [-0.2, 0) is 6.42 Å². The van der Waals surface area contributed by atoms with Crippen LogP contribution in [-0.4, -0.2) is 11.8 Å². The highest BCUT2D eigenvalue weighted by Gasteiger charge is 2.06. The molecule has 3 heteroatoms. The van der Waals surface area contributed by atoms with Crippen LogP contribution in [0.4, 0.5) is 0 Å². The standard InChI is InChI=1S/C13H20BrNS/c1-3-4-7-16-13-9-12(14)6-5-11(13)8-10(2)15/h5-6,9-10H,3-4,7-8,15H2,1-2H3. The maximum Gasteiger partial charge on any atom is 0.0186 e. The molecule has 0 saturated heterocycles. The SMILES string of the molecule is CCCCSc1cc(Br)ccc1CC(C)N. The quantitative estimate of drug-likeness (QED) is 0.628. The molecule has 0 heterocycles. The topological polar surface area (TPSA) is 26.0 Å². The molecule has 1 rings (SSSR count). The number of benzene rings is 1. The van der Waals surface area contributed by atoms with Crippen molar-refractivity contribution in [3.8, 4) is 0 Å². The Kier molecular flexibility index (Phi) is 6.47. The van der Waals surface area contributed by atoms with Crippen molar-refractivity contribution in [3.05, 3.63) is 28.2 Å². The van der Waals surface area contributed by atoms with E-state index in [1.54, 1.807) is 0 Å². The number of halogens is 1. The van der Waals surface area contributed by atoms with Crippen LogP contribution in [0.3, 0.4) is 0 Å². The minimum Gasteiger partial charge on any atom is -0.328 e. The van der Waals surface area contributed by atoms with E-state index < -0.39 is 0 Å². The fraction of sp³-hybridized carbons (Fsp3) is 0.538. The Morgan fingerprint density at radius 1 is 1.44 bits per heavy atom. The number of nitrogens with two attached hydrogens (primary N) is 1. The molecule has 1 aromatic carbocycles. The van der Waals surface area contributed by atoms with Crippen LogP contribution in [0.25, 0.3) is 0 Å². The highest BCUT2D eigenvalue weighted by molar-refractivity contribution is 9.10. The van der Waals surface area contributed by atoms with Gasteiger partial charge in [0.2, 0.25) is 0 Å². The normalized spacial score (nSPS) is 12.8. The summed E-state index contributed by atoms with van der Waals surface area (Å²) in [6.45, 7) is 4.28. The van der Waals surface area contributed by atoms with Crippen molar-refractivity contribution in [3.63, 3.8) is 0 Å². The summed E-state index contributed by atoms with van der Waals surface area (Å²) in [5.74, 6) is 1.19. The Bertz CT molecular complexity index is 326. The smallest absolute Gasteiger partial charge is 0.0186 e. The molecule has 0 amide bonds. The summed E-state index contributed by atoms with van der Waals surface area (Å²) in [6.07, 6.45) is 3.49. The van der Waals surface area contributed by atoms with Gasteiger partial charge in [-0.3, -0.25) is 0 Å². The minimum absolute atomic E-state index is 0.228. The van der Waals surface area contributed by atoms with E-state index in [0.717, 1.165) is 10.9 Å². The average Bonchev–Trinajstić information content (AvgIpc) is 2.22. The largest absolute Gasteiger partial charge is 0.328 e. The monoisotopic (exact) mass is 301 g/mol. The molecule has 1 atom stereocenters. The van der Waals surface area contributed by atoms with Crippen molar-refractivity contribution in [2.45, 2.75) is 44.0 Å². The Morgan fingerprint density at radius 2 is 2.19 bits per heavy atom. The van der Waals surface area contributed by atoms with Gasteiger partial charge < -0.3 is 5.73 Å². The highest BCUT2D eigenvalue weighted by Crippen LogP contribution is 2.28. The summed E-state index contributed by atoms with van der Waals surface area (Å²) < 4.78 is 1.15. The highest BCUT2D eigenvalue weighted by atomic mass is 79.9. The van der Waals surface area contributed by atoms with Gasteiger partial charge in [0, 0.05) is 15.4 Å². The molecule has 0 aliphatic carbocycles. The predicted molar refractivity (Wildman–Crippen MR) is 77.1 cm³/mol. The Balaban J connectivity index is 2.73. The van der Waals surface area contributed by atoms with E-state index in [2.05, 4.69) is 48.0 Å². The van der Waals surface area contributed by atoms with Crippen molar-refractivity contribution in [2.75, 3.05) is 5.75 Å². The molecule has 0 spiro atoms. The molecular formula is C13H20BrNS. The van der Waals surface area contributed by atoms with Gasteiger partial charge >= 0.3 is 0 Å². The van der Waals surface area contributed by atoms with Crippen LogP contribution in [0.5, 0.6) is 0 Å². The summed E-state index contributed by atoms with van der Waals surface area (Å²) in [4.78, 5) is 1.38. The van der Waals surface area contributed by atoms with E-state index in [1.807, 2.05) is 11.8 Å². The summed E-state index contributed by atoms with van der Waals surface area (Å²) in [5.41, 5.74) is 7.24. The van der Waals surface area contributed by atoms with Gasteiger partial charge in [0.25, 0.3) is 0 Å². The van der Waals surface area contributed by atoms with Crippen molar-refractivity contribution >= 4 is 27.7 Å². The molecule has 0 bridgehead atoms. The van der Waals surface area contributed by atoms with Crippen LogP contribution < -0.4 is 5.73 Å². The second kappa shape index (κ2) is 7.36. The molecule has 0 saturated carbocycles. The zero-order valence-corrected chi connectivity index (χ0v) is 12.4. The molecule has 16 heavy (non-hydrogen) atoms. The van der Waals surface area contributed by atoms with Crippen molar-refractivity contribution in [2.24, 2.45) is 5.73 Å². The summed E-state index contributed by atoms with van der Waals surface area (Å²) in [6, 6.07) is 6.72. The zero-order chi connectivity index (χ0) is 12.0. The molecule has 0 fully saturated rings. The molecule has 2 N–H and O–H groups in total. The van der Waals surface area contributed by atoms with E-state index in [-0.39, 0.29) is 6.04 Å². The molecule has 1 aromatic rings. The third-order valence-corrected chi connectivity index (χ3v) is 4.00. The van der Waals surface area contributed by atoms with Crippen molar-refractivity contribution in [1.82, 2.24) is 0 Å². The van der Waals surface area contributed by atoms with Gasteiger partial charge in [-0.2, -0.15) is 0 Å². The lowest BCUT2D eigenvalue weighted by molar-refractivity contribution is 0.729. The third kappa shape index (κ3) is 4.89. The third-order valence-electron chi connectivity index (χ3n) is 2.33. The van der Waals surface area contributed by atoms with Gasteiger partial charge in [-0.1, -0.05) is 35.3 Å². The first-order valence-corrected chi connectivity index (χ1v) is 7.58. The van der Waals surface area contributed by atoms with E-state index in [0.29, 0.717) is 0 Å². The number of unbranched alkanes of at least 4 members (excludes halogenated alkanes) is 1. The fourth-order valence-electron chi connectivity index (χ4n) is 1.50. The Hall–Kier alpha value is 0.01000. The Morgan fingerprint density at radius 3 is 2.81 bits per heavy atom. The first kappa shape index (κ1) is 14.1.